The van der Waals surface area contributed by atoms with Gasteiger partial charge >= 0.3 is 0 Å². The Balaban J connectivity index is 1.30. The fourth-order valence-electron chi connectivity index (χ4n) is 4.03. The third kappa shape index (κ3) is 4.49. The summed E-state index contributed by atoms with van der Waals surface area (Å²) in [5.41, 5.74) is 4.11. The first kappa shape index (κ1) is 23.7. The molecule has 3 N–H and O–H groups in total. The number of nitrogens with one attached hydrogen (secondary N) is 1. The van der Waals surface area contributed by atoms with Crippen LogP contribution in [0.1, 0.15) is 26.3 Å². The van der Waals surface area contributed by atoms with Crippen molar-refractivity contribution in [1.29, 1.82) is 0 Å². The Morgan fingerprint density at radius 1 is 1.06 bits per heavy atom. The van der Waals surface area contributed by atoms with Crippen molar-refractivity contribution in [3.8, 4) is 17.1 Å². The second-order valence-corrected chi connectivity index (χ2v) is 10.4. The number of aromatic nitrogens is 3. The molecule has 0 atom stereocenters. The summed E-state index contributed by atoms with van der Waals surface area (Å²) in [7, 11) is 1.57. The molecule has 2 aromatic heterocycles. The Kier molecular flexibility index (Phi) is 6.09. The molecule has 0 spiro atoms. The number of nitrogen functional groups attached to an aromatic ring is 1. The summed E-state index contributed by atoms with van der Waals surface area (Å²) in [5.74, 6) is 7.21. The van der Waals surface area contributed by atoms with Crippen LogP contribution in [0.15, 0.2) is 70.2 Å². The first-order valence-corrected chi connectivity index (χ1v) is 12.5. The van der Waals surface area contributed by atoms with Crippen molar-refractivity contribution < 1.29 is 13.9 Å². The molecule has 0 fully saturated rings. The number of methoxy groups -OCH3 is 1. The quantitative estimate of drug-likeness (QED) is 0.230. The van der Waals surface area contributed by atoms with Crippen molar-refractivity contribution in [2.24, 2.45) is 0 Å². The van der Waals surface area contributed by atoms with Gasteiger partial charge < -0.3 is 20.3 Å². The third-order valence-electron chi connectivity index (χ3n) is 5.98. The fraction of sp³-hybridized carbons (Fsp3) is 0.222. The van der Waals surface area contributed by atoms with Crippen molar-refractivity contribution in [3.05, 3.63) is 66.2 Å². The van der Waals surface area contributed by atoms with Gasteiger partial charge in [-0.3, -0.25) is 4.79 Å². The van der Waals surface area contributed by atoms with Gasteiger partial charge in [-0.05, 0) is 23.1 Å². The highest BCUT2D eigenvalue weighted by molar-refractivity contribution is 7.99. The van der Waals surface area contributed by atoms with Crippen LogP contribution >= 0.6 is 11.8 Å². The van der Waals surface area contributed by atoms with E-state index in [9.17, 15) is 4.79 Å². The van der Waals surface area contributed by atoms with Gasteiger partial charge in [0.05, 0.1) is 18.6 Å². The predicted molar refractivity (Wildman–Crippen MR) is 144 cm³/mol. The number of carbonyl (C=O) groups is 1. The first-order valence-electron chi connectivity index (χ1n) is 11.5. The zero-order valence-electron chi connectivity index (χ0n) is 20.5. The maximum atomic E-state index is 12.8. The molecule has 0 aliphatic rings. The average Bonchev–Trinajstić information content (AvgIpc) is 3.41. The minimum atomic E-state index is -0.229. The highest BCUT2D eigenvalue weighted by Gasteiger charge is 2.18. The van der Waals surface area contributed by atoms with E-state index in [0.717, 1.165) is 21.9 Å². The van der Waals surface area contributed by atoms with Gasteiger partial charge in [-0.25, -0.2) is 4.68 Å². The van der Waals surface area contributed by atoms with E-state index in [1.54, 1.807) is 13.2 Å². The molecule has 36 heavy (non-hydrogen) atoms. The number of ether oxygens (including phenoxy) is 1. The SMILES string of the molecule is COc1cc2c(cc1NC(=O)CSc1nnc(-c3ccc(C(C)(C)C)cc3)n1N)oc1ccccc12. The smallest absolute Gasteiger partial charge is 0.234 e. The number of benzene rings is 3. The van der Waals surface area contributed by atoms with Crippen molar-refractivity contribution >= 4 is 45.3 Å². The van der Waals surface area contributed by atoms with E-state index >= 15 is 0 Å². The molecule has 0 aliphatic heterocycles. The summed E-state index contributed by atoms with van der Waals surface area (Å²) >= 11 is 1.21. The molecule has 2 heterocycles. The van der Waals surface area contributed by atoms with Crippen LogP contribution in [0.4, 0.5) is 5.69 Å². The Labute approximate surface area is 212 Å². The molecule has 0 unspecified atom stereocenters. The van der Waals surface area contributed by atoms with Gasteiger partial charge in [0.2, 0.25) is 11.1 Å². The molecular weight excluding hydrogens is 474 g/mol. The lowest BCUT2D eigenvalue weighted by atomic mass is 9.87. The summed E-state index contributed by atoms with van der Waals surface area (Å²) in [5, 5.41) is 13.7. The van der Waals surface area contributed by atoms with E-state index in [-0.39, 0.29) is 17.1 Å². The maximum Gasteiger partial charge on any atom is 0.234 e. The first-order chi connectivity index (χ1) is 17.2. The topological polar surface area (TPSA) is 108 Å². The Morgan fingerprint density at radius 2 is 1.81 bits per heavy atom. The lowest BCUT2D eigenvalue weighted by Gasteiger charge is -2.19. The molecule has 0 saturated heterocycles. The van der Waals surface area contributed by atoms with E-state index in [4.69, 9.17) is 15.0 Å². The van der Waals surface area contributed by atoms with E-state index < -0.39 is 0 Å². The van der Waals surface area contributed by atoms with Gasteiger partial charge in [0.1, 0.15) is 16.9 Å². The number of nitrogens with two attached hydrogens (primary N) is 1. The molecule has 0 aliphatic carbocycles. The van der Waals surface area contributed by atoms with Gasteiger partial charge in [-0.2, -0.15) is 0 Å². The van der Waals surface area contributed by atoms with Crippen LogP contribution in [0.2, 0.25) is 0 Å². The molecule has 5 aromatic rings. The number of furan rings is 1. The molecule has 0 bridgehead atoms. The number of nitrogens with zero attached hydrogens (tertiary/aromatic N) is 3. The van der Waals surface area contributed by atoms with Crippen LogP contribution in [0.3, 0.4) is 0 Å². The third-order valence-corrected chi connectivity index (χ3v) is 6.92. The summed E-state index contributed by atoms with van der Waals surface area (Å²) in [6.07, 6.45) is 0. The second-order valence-electron chi connectivity index (χ2n) is 9.49. The lowest BCUT2D eigenvalue weighted by molar-refractivity contribution is -0.113. The average molecular weight is 502 g/mol. The van der Waals surface area contributed by atoms with Gasteiger partial charge in [0.15, 0.2) is 5.82 Å². The van der Waals surface area contributed by atoms with Gasteiger partial charge in [0, 0.05) is 22.4 Å². The normalized spacial score (nSPS) is 11.8. The number of fused-ring (bicyclic) bond motifs is 3. The number of hydrogen-bond acceptors (Lipinski definition) is 7. The van der Waals surface area contributed by atoms with Crippen molar-refractivity contribution in [3.63, 3.8) is 0 Å². The molecule has 9 heteroatoms. The maximum absolute atomic E-state index is 12.8. The van der Waals surface area contributed by atoms with Gasteiger partial charge in [-0.15, -0.1) is 10.2 Å². The van der Waals surface area contributed by atoms with Crippen LogP contribution < -0.4 is 15.9 Å². The summed E-state index contributed by atoms with van der Waals surface area (Å²) in [6.45, 7) is 6.49. The molecule has 3 aromatic carbocycles. The van der Waals surface area contributed by atoms with Gasteiger partial charge in [0.25, 0.3) is 0 Å². The molecule has 0 saturated carbocycles. The summed E-state index contributed by atoms with van der Waals surface area (Å²) in [4.78, 5) is 12.8. The number of carbonyl (C=O) groups excluding carboxylic acids is 1. The summed E-state index contributed by atoms with van der Waals surface area (Å²) < 4.78 is 12.9. The fourth-order valence-corrected chi connectivity index (χ4v) is 4.68. The molecule has 184 valence electrons. The highest BCUT2D eigenvalue weighted by atomic mass is 32.2. The largest absolute Gasteiger partial charge is 0.495 e. The standard InChI is InChI=1S/C27H27N5O3S/c1-27(2,3)17-11-9-16(10-12-17)25-30-31-26(32(25)28)36-15-24(33)29-20-14-22-19(13-23(20)34-4)18-7-5-6-8-21(18)35-22/h5-14H,15,28H2,1-4H3,(H,29,33). The Bertz CT molecular complexity index is 1560. The zero-order valence-corrected chi connectivity index (χ0v) is 21.3. The molecule has 1 amide bonds. The van der Waals surface area contributed by atoms with Crippen LogP contribution in [-0.2, 0) is 10.2 Å². The highest BCUT2D eigenvalue weighted by Crippen LogP contribution is 2.36. The number of anilines is 1. The Morgan fingerprint density at radius 3 is 2.53 bits per heavy atom. The molecule has 8 nitrogen and oxygen atoms in total. The van der Waals surface area contributed by atoms with Crippen molar-refractivity contribution in [2.45, 2.75) is 31.3 Å². The van der Waals surface area contributed by atoms with Gasteiger partial charge in [-0.1, -0.05) is 75.0 Å². The minimum absolute atomic E-state index is 0.0565. The second kappa shape index (κ2) is 9.23. The number of thioether (sulfide) groups is 1. The van der Waals surface area contributed by atoms with E-state index in [1.807, 2.05) is 42.5 Å². The summed E-state index contributed by atoms with van der Waals surface area (Å²) in [6, 6.07) is 19.5. The number of para-hydroxylation sites is 1. The number of rotatable bonds is 6. The van der Waals surface area contributed by atoms with E-state index in [0.29, 0.717) is 28.0 Å². The molecule has 0 radical (unpaired) electrons. The van der Waals surface area contributed by atoms with Crippen LogP contribution in [-0.4, -0.2) is 33.6 Å². The number of amides is 1. The lowest BCUT2D eigenvalue weighted by Crippen LogP contribution is -2.17. The number of hydrogen-bond donors (Lipinski definition) is 2. The Hall–Kier alpha value is -3.98. The minimum Gasteiger partial charge on any atom is -0.495 e. The van der Waals surface area contributed by atoms with E-state index in [2.05, 4.69) is 48.4 Å². The van der Waals surface area contributed by atoms with Crippen molar-refractivity contribution in [1.82, 2.24) is 14.9 Å². The van der Waals surface area contributed by atoms with Crippen LogP contribution in [0, 0.1) is 0 Å². The van der Waals surface area contributed by atoms with Crippen LogP contribution in [0.5, 0.6) is 5.75 Å². The monoisotopic (exact) mass is 501 g/mol. The van der Waals surface area contributed by atoms with E-state index in [1.165, 1.54) is 22.0 Å². The predicted octanol–water partition coefficient (Wildman–Crippen LogP) is 5.60. The molecule has 5 rings (SSSR count). The zero-order chi connectivity index (χ0) is 25.4. The van der Waals surface area contributed by atoms with Crippen LogP contribution in [0.25, 0.3) is 33.3 Å². The molecular formula is C27H27N5O3S. The van der Waals surface area contributed by atoms with Crippen molar-refractivity contribution in [2.75, 3.05) is 24.0 Å².